The lowest BCUT2D eigenvalue weighted by Crippen LogP contribution is -2.52. The molecule has 2 aliphatic heterocycles. The fourth-order valence-electron chi connectivity index (χ4n) is 2.10. The minimum atomic E-state index is 0.321. The largest absolute Gasteiger partial charge is 0.337 e. The summed E-state index contributed by atoms with van der Waals surface area (Å²) in [5.74, 6) is 0.321. The van der Waals surface area contributed by atoms with E-state index in [-0.39, 0.29) is 0 Å². The first-order chi connectivity index (χ1) is 5.27. The van der Waals surface area contributed by atoms with E-state index in [1.54, 1.807) is 0 Å². The minimum Gasteiger partial charge on any atom is -0.337 e. The molecule has 1 unspecified atom stereocenters. The van der Waals surface area contributed by atoms with Crippen molar-refractivity contribution in [3.8, 4) is 0 Å². The highest BCUT2D eigenvalue weighted by atomic mass is 16.2. The van der Waals surface area contributed by atoms with Crippen LogP contribution in [0.3, 0.4) is 0 Å². The molecule has 0 aromatic heterocycles. The maximum absolute atomic E-state index is 11.4. The van der Waals surface area contributed by atoms with E-state index in [2.05, 4.69) is 4.90 Å². The Balaban J connectivity index is 2.10. The van der Waals surface area contributed by atoms with Crippen molar-refractivity contribution in [2.24, 2.45) is 0 Å². The van der Waals surface area contributed by atoms with Crippen LogP contribution in [0.5, 0.6) is 0 Å². The summed E-state index contributed by atoms with van der Waals surface area (Å²) in [6.07, 6.45) is 2.40. The van der Waals surface area contributed by atoms with Gasteiger partial charge in [0.15, 0.2) is 0 Å². The molecule has 3 nitrogen and oxygen atoms in total. The van der Waals surface area contributed by atoms with Crippen LogP contribution < -0.4 is 0 Å². The summed E-state index contributed by atoms with van der Waals surface area (Å²) in [7, 11) is 2.02. The topological polar surface area (TPSA) is 23.6 Å². The van der Waals surface area contributed by atoms with Gasteiger partial charge in [-0.15, -0.1) is 0 Å². The molecule has 0 bridgehead atoms. The van der Waals surface area contributed by atoms with Crippen LogP contribution in [0, 0.1) is 0 Å². The van der Waals surface area contributed by atoms with Gasteiger partial charge in [0.1, 0.15) is 0 Å². The summed E-state index contributed by atoms with van der Waals surface area (Å²) in [5.41, 5.74) is 0. The van der Waals surface area contributed by atoms with Crippen LogP contribution in [0.2, 0.25) is 0 Å². The first-order valence-electron chi connectivity index (χ1n) is 4.25. The summed E-state index contributed by atoms with van der Waals surface area (Å²) in [4.78, 5) is 15.5. The Morgan fingerprint density at radius 1 is 1.55 bits per heavy atom. The second-order valence-corrected chi connectivity index (χ2v) is 3.58. The smallest absolute Gasteiger partial charge is 0.237 e. The summed E-state index contributed by atoms with van der Waals surface area (Å²) in [6.45, 7) is 2.69. The predicted octanol–water partition coefficient (Wildman–Crippen LogP) is -0.0772. The van der Waals surface area contributed by atoms with E-state index in [1.165, 1.54) is 12.8 Å². The number of carbonyl (C=O) groups is 1. The number of nitrogens with zero attached hydrogens (tertiary/aromatic N) is 2. The van der Waals surface area contributed by atoms with Gasteiger partial charge in [0.05, 0.1) is 6.54 Å². The molecule has 11 heavy (non-hydrogen) atoms. The van der Waals surface area contributed by atoms with Crippen LogP contribution >= 0.6 is 0 Å². The number of piperazine rings is 1. The molecular weight excluding hydrogens is 140 g/mol. The standard InChI is InChI=1S/C8H14N2O/c1-9-5-7-3-2-4-10(7)8(11)6-9/h7H,2-6H2,1H3. The normalized spacial score (nSPS) is 32.6. The SMILES string of the molecule is CN1CC(=O)N2CCCC2C1. The van der Waals surface area contributed by atoms with Crippen LogP contribution in [0.15, 0.2) is 0 Å². The highest BCUT2D eigenvalue weighted by Gasteiger charge is 2.33. The molecule has 2 fully saturated rings. The fourth-order valence-corrected chi connectivity index (χ4v) is 2.10. The van der Waals surface area contributed by atoms with Crippen LogP contribution in [0.25, 0.3) is 0 Å². The average Bonchev–Trinajstić information content (AvgIpc) is 2.34. The Morgan fingerprint density at radius 3 is 3.18 bits per heavy atom. The molecule has 2 heterocycles. The molecule has 2 aliphatic rings. The molecule has 3 heteroatoms. The van der Waals surface area contributed by atoms with Crippen molar-refractivity contribution in [2.45, 2.75) is 18.9 Å². The van der Waals surface area contributed by atoms with Gasteiger partial charge >= 0.3 is 0 Å². The Kier molecular flexibility index (Phi) is 1.60. The quantitative estimate of drug-likeness (QED) is 0.487. The van der Waals surface area contributed by atoms with Crippen molar-refractivity contribution >= 4 is 5.91 Å². The number of carbonyl (C=O) groups excluding carboxylic acids is 1. The van der Waals surface area contributed by atoms with Crippen molar-refractivity contribution in [3.05, 3.63) is 0 Å². The highest BCUT2D eigenvalue weighted by Crippen LogP contribution is 2.21. The lowest BCUT2D eigenvalue weighted by Gasteiger charge is -2.34. The van der Waals surface area contributed by atoms with Gasteiger partial charge in [-0.3, -0.25) is 9.69 Å². The van der Waals surface area contributed by atoms with E-state index >= 15 is 0 Å². The van der Waals surface area contributed by atoms with Gasteiger partial charge in [0, 0.05) is 19.1 Å². The number of fused-ring (bicyclic) bond motifs is 1. The molecule has 0 spiro atoms. The van der Waals surface area contributed by atoms with Gasteiger partial charge in [-0.05, 0) is 19.9 Å². The summed E-state index contributed by atoms with van der Waals surface area (Å²) >= 11 is 0. The molecule has 2 saturated heterocycles. The van der Waals surface area contributed by atoms with Crippen molar-refractivity contribution in [1.82, 2.24) is 9.80 Å². The van der Waals surface area contributed by atoms with Gasteiger partial charge in [0.2, 0.25) is 5.91 Å². The van der Waals surface area contributed by atoms with Crippen molar-refractivity contribution < 1.29 is 4.79 Å². The monoisotopic (exact) mass is 154 g/mol. The summed E-state index contributed by atoms with van der Waals surface area (Å²) < 4.78 is 0. The number of likely N-dealkylation sites (N-methyl/N-ethyl adjacent to an activating group) is 1. The Morgan fingerprint density at radius 2 is 2.36 bits per heavy atom. The number of hydrogen-bond acceptors (Lipinski definition) is 2. The Labute approximate surface area is 67.0 Å². The zero-order chi connectivity index (χ0) is 7.84. The predicted molar refractivity (Wildman–Crippen MR) is 42.2 cm³/mol. The molecule has 1 amide bonds. The molecule has 0 aromatic carbocycles. The molecule has 0 aliphatic carbocycles. The number of hydrogen-bond donors (Lipinski definition) is 0. The molecule has 2 rings (SSSR count). The molecule has 0 N–H and O–H groups in total. The Hall–Kier alpha value is -0.570. The van der Waals surface area contributed by atoms with E-state index in [9.17, 15) is 4.79 Å². The van der Waals surface area contributed by atoms with Crippen LogP contribution in [-0.2, 0) is 4.79 Å². The van der Waals surface area contributed by atoms with Gasteiger partial charge in [-0.25, -0.2) is 0 Å². The molecular formula is C8H14N2O. The summed E-state index contributed by atoms with van der Waals surface area (Å²) in [6, 6.07) is 0.529. The van der Waals surface area contributed by atoms with Crippen LogP contribution in [0.1, 0.15) is 12.8 Å². The fraction of sp³-hybridized carbons (Fsp3) is 0.875. The second-order valence-electron chi connectivity index (χ2n) is 3.58. The zero-order valence-corrected chi connectivity index (χ0v) is 6.92. The van der Waals surface area contributed by atoms with E-state index in [0.29, 0.717) is 18.5 Å². The molecule has 0 radical (unpaired) electrons. The number of amides is 1. The molecule has 0 saturated carbocycles. The second kappa shape index (κ2) is 2.48. The van der Waals surface area contributed by atoms with E-state index in [4.69, 9.17) is 0 Å². The van der Waals surface area contributed by atoms with Crippen molar-refractivity contribution in [1.29, 1.82) is 0 Å². The summed E-state index contributed by atoms with van der Waals surface area (Å²) in [5, 5.41) is 0. The van der Waals surface area contributed by atoms with Gasteiger partial charge < -0.3 is 4.90 Å². The van der Waals surface area contributed by atoms with Gasteiger partial charge in [-0.2, -0.15) is 0 Å². The van der Waals surface area contributed by atoms with E-state index in [0.717, 1.165) is 13.1 Å². The molecule has 1 atom stereocenters. The zero-order valence-electron chi connectivity index (χ0n) is 6.92. The number of rotatable bonds is 0. The van der Waals surface area contributed by atoms with E-state index in [1.807, 2.05) is 11.9 Å². The first kappa shape index (κ1) is 7.10. The maximum Gasteiger partial charge on any atom is 0.237 e. The highest BCUT2D eigenvalue weighted by molar-refractivity contribution is 5.79. The van der Waals surface area contributed by atoms with Gasteiger partial charge in [0.25, 0.3) is 0 Å². The van der Waals surface area contributed by atoms with E-state index < -0.39 is 0 Å². The molecule has 0 aromatic rings. The van der Waals surface area contributed by atoms with Gasteiger partial charge in [-0.1, -0.05) is 0 Å². The van der Waals surface area contributed by atoms with Crippen molar-refractivity contribution in [3.63, 3.8) is 0 Å². The Bertz CT molecular complexity index is 181. The third-order valence-electron chi connectivity index (χ3n) is 2.63. The lowest BCUT2D eigenvalue weighted by atomic mass is 10.2. The maximum atomic E-state index is 11.4. The van der Waals surface area contributed by atoms with Crippen LogP contribution in [0.4, 0.5) is 0 Å². The third-order valence-corrected chi connectivity index (χ3v) is 2.63. The average molecular weight is 154 g/mol. The lowest BCUT2D eigenvalue weighted by molar-refractivity contribution is -0.136. The van der Waals surface area contributed by atoms with Crippen LogP contribution in [-0.4, -0.2) is 48.4 Å². The molecule has 62 valence electrons. The third kappa shape index (κ3) is 1.13. The minimum absolute atomic E-state index is 0.321. The first-order valence-corrected chi connectivity index (χ1v) is 4.25. The van der Waals surface area contributed by atoms with Crippen molar-refractivity contribution in [2.75, 3.05) is 26.7 Å².